The zero-order valence-electron chi connectivity index (χ0n) is 41.3. The number of carbonyl (C=O) groups is 3. The predicted molar refractivity (Wildman–Crippen MR) is 270 cm³/mol. The largest absolute Gasteiger partial charge is 0.462 e. The van der Waals surface area contributed by atoms with E-state index in [-0.39, 0.29) is 31.1 Å². The Kier molecular flexibility index (Phi) is 48.9. The van der Waals surface area contributed by atoms with Crippen LogP contribution in [0.1, 0.15) is 252 Å². The SMILES string of the molecule is CC/C=C\C/C=C\C/C=C\C/C=C\CCCCCC(=O)OCC(COC(=O)CCCCCCCCCCCCCCCC)OC(=O)CCCCCCCC/C=C\C=C/CCCCC. The maximum absolute atomic E-state index is 12.8. The number of carbonyl (C=O) groups excluding carboxylic acids is 3. The smallest absolute Gasteiger partial charge is 0.306 e. The molecule has 0 fully saturated rings. The van der Waals surface area contributed by atoms with Gasteiger partial charge in [0.2, 0.25) is 0 Å². The zero-order chi connectivity index (χ0) is 45.8. The predicted octanol–water partition coefficient (Wildman–Crippen LogP) is 17.4. The van der Waals surface area contributed by atoms with Gasteiger partial charge < -0.3 is 14.2 Å². The number of esters is 3. The highest BCUT2D eigenvalue weighted by Gasteiger charge is 2.19. The van der Waals surface area contributed by atoms with Gasteiger partial charge in [-0.3, -0.25) is 14.4 Å². The molecule has 6 heteroatoms. The summed E-state index contributed by atoms with van der Waals surface area (Å²) in [5, 5.41) is 0. The highest BCUT2D eigenvalue weighted by atomic mass is 16.6. The minimum Gasteiger partial charge on any atom is -0.462 e. The van der Waals surface area contributed by atoms with E-state index >= 15 is 0 Å². The molecule has 0 aliphatic heterocycles. The first kappa shape index (κ1) is 59.9. The molecule has 0 aromatic carbocycles. The lowest BCUT2D eigenvalue weighted by Gasteiger charge is -2.18. The molecule has 0 bridgehead atoms. The van der Waals surface area contributed by atoms with Crippen LogP contribution in [-0.4, -0.2) is 37.2 Å². The first-order chi connectivity index (χ1) is 31.0. The molecular weight excluding hydrogens is 781 g/mol. The molecule has 0 rings (SSSR count). The summed E-state index contributed by atoms with van der Waals surface area (Å²) < 4.78 is 16.8. The van der Waals surface area contributed by atoms with Gasteiger partial charge in [-0.25, -0.2) is 0 Å². The van der Waals surface area contributed by atoms with Crippen LogP contribution in [0.25, 0.3) is 0 Å². The third-order valence-corrected chi connectivity index (χ3v) is 11.2. The van der Waals surface area contributed by atoms with Gasteiger partial charge >= 0.3 is 17.9 Å². The second kappa shape index (κ2) is 51.5. The fourth-order valence-electron chi connectivity index (χ4n) is 7.25. The summed E-state index contributed by atoms with van der Waals surface area (Å²) in [7, 11) is 0. The van der Waals surface area contributed by atoms with Crippen molar-refractivity contribution in [1.82, 2.24) is 0 Å². The van der Waals surface area contributed by atoms with Crippen molar-refractivity contribution < 1.29 is 28.6 Å². The Labute approximate surface area is 389 Å². The fourth-order valence-corrected chi connectivity index (χ4v) is 7.25. The van der Waals surface area contributed by atoms with Crippen LogP contribution in [0.2, 0.25) is 0 Å². The summed E-state index contributed by atoms with van der Waals surface area (Å²) in [4.78, 5) is 38.0. The van der Waals surface area contributed by atoms with Gasteiger partial charge in [0, 0.05) is 19.3 Å². The number of unbranched alkanes of at least 4 members (excludes halogenated alkanes) is 25. The standard InChI is InChI=1S/C57H98O6/c1-4-7-10-13-16-19-22-25-28-30-32-35-38-41-44-47-50-56(59)62-53-54(52-61-55(58)49-46-43-40-37-34-31-27-24-21-18-15-12-9-6-3)63-57(60)51-48-45-42-39-36-33-29-26-23-20-17-14-11-8-5-2/h7,10,16-17,19-20,23,25-26,28,32,35,54H,4-6,8-9,11-15,18,21-22,24,27,29-31,33-34,36-53H2,1-3H3/b10-7-,19-16-,20-17-,26-23-,28-25-,35-32-. The van der Waals surface area contributed by atoms with Crippen molar-refractivity contribution in [2.24, 2.45) is 0 Å². The fraction of sp³-hybridized carbons (Fsp3) is 0.737. The van der Waals surface area contributed by atoms with Crippen molar-refractivity contribution in [1.29, 1.82) is 0 Å². The van der Waals surface area contributed by atoms with E-state index in [1.54, 1.807) is 0 Å². The number of rotatable bonds is 47. The molecule has 0 aliphatic carbocycles. The first-order valence-electron chi connectivity index (χ1n) is 26.5. The molecule has 0 amide bonds. The normalized spacial score (nSPS) is 12.6. The Hall–Kier alpha value is -3.15. The van der Waals surface area contributed by atoms with E-state index in [4.69, 9.17) is 14.2 Å². The molecule has 6 nitrogen and oxygen atoms in total. The van der Waals surface area contributed by atoms with E-state index in [1.165, 1.54) is 109 Å². The minimum absolute atomic E-state index is 0.0889. The molecule has 362 valence electrons. The molecule has 63 heavy (non-hydrogen) atoms. The molecule has 0 saturated heterocycles. The van der Waals surface area contributed by atoms with Gasteiger partial charge in [-0.15, -0.1) is 0 Å². The Morgan fingerprint density at radius 2 is 0.667 bits per heavy atom. The van der Waals surface area contributed by atoms with E-state index < -0.39 is 6.10 Å². The van der Waals surface area contributed by atoms with Gasteiger partial charge in [-0.05, 0) is 83.5 Å². The van der Waals surface area contributed by atoms with Gasteiger partial charge in [-0.2, -0.15) is 0 Å². The topological polar surface area (TPSA) is 78.9 Å². The second-order valence-corrected chi connectivity index (χ2v) is 17.4. The molecule has 0 aliphatic rings. The van der Waals surface area contributed by atoms with Crippen LogP contribution in [-0.2, 0) is 28.6 Å². The first-order valence-corrected chi connectivity index (χ1v) is 26.5. The van der Waals surface area contributed by atoms with E-state index in [9.17, 15) is 14.4 Å². The summed E-state index contributed by atoms with van der Waals surface area (Å²) in [6.45, 7) is 6.47. The summed E-state index contributed by atoms with van der Waals surface area (Å²) in [5.74, 6) is -0.929. The van der Waals surface area contributed by atoms with Crippen molar-refractivity contribution in [3.63, 3.8) is 0 Å². The Morgan fingerprint density at radius 1 is 0.349 bits per heavy atom. The quantitative estimate of drug-likeness (QED) is 0.0199. The number of hydrogen-bond acceptors (Lipinski definition) is 6. The highest BCUT2D eigenvalue weighted by molar-refractivity contribution is 5.71. The number of ether oxygens (including phenoxy) is 3. The van der Waals surface area contributed by atoms with E-state index in [2.05, 4.69) is 93.7 Å². The van der Waals surface area contributed by atoms with Crippen LogP contribution in [0.4, 0.5) is 0 Å². The monoisotopic (exact) mass is 879 g/mol. The van der Waals surface area contributed by atoms with Gasteiger partial charge in [0.05, 0.1) is 0 Å². The summed E-state index contributed by atoms with van der Waals surface area (Å²) in [5.41, 5.74) is 0. The summed E-state index contributed by atoms with van der Waals surface area (Å²) >= 11 is 0. The average molecular weight is 879 g/mol. The molecule has 0 heterocycles. The molecular formula is C57H98O6. The van der Waals surface area contributed by atoms with E-state index in [0.29, 0.717) is 19.3 Å². The molecule has 0 aromatic rings. The third kappa shape index (κ3) is 49.7. The van der Waals surface area contributed by atoms with Crippen molar-refractivity contribution in [2.75, 3.05) is 13.2 Å². The minimum atomic E-state index is -0.792. The molecule has 1 unspecified atom stereocenters. The van der Waals surface area contributed by atoms with Crippen molar-refractivity contribution in [3.05, 3.63) is 72.9 Å². The number of hydrogen-bond donors (Lipinski definition) is 0. The van der Waals surface area contributed by atoms with Gasteiger partial charge in [0.15, 0.2) is 6.10 Å². The Bertz CT molecular complexity index is 1190. The van der Waals surface area contributed by atoms with Crippen LogP contribution in [0.5, 0.6) is 0 Å². The third-order valence-electron chi connectivity index (χ3n) is 11.2. The Balaban J connectivity index is 4.45. The molecule has 0 aromatic heterocycles. The second-order valence-electron chi connectivity index (χ2n) is 17.4. The van der Waals surface area contributed by atoms with Crippen molar-refractivity contribution in [2.45, 2.75) is 258 Å². The summed E-state index contributed by atoms with van der Waals surface area (Å²) in [6, 6.07) is 0. The Morgan fingerprint density at radius 3 is 1.11 bits per heavy atom. The molecule has 0 saturated carbocycles. The van der Waals surface area contributed by atoms with Gasteiger partial charge in [-0.1, -0.05) is 222 Å². The van der Waals surface area contributed by atoms with Crippen molar-refractivity contribution in [3.8, 4) is 0 Å². The van der Waals surface area contributed by atoms with E-state index in [1.807, 2.05) is 0 Å². The van der Waals surface area contributed by atoms with Crippen LogP contribution in [0.15, 0.2) is 72.9 Å². The van der Waals surface area contributed by atoms with Gasteiger partial charge in [0.25, 0.3) is 0 Å². The molecule has 0 spiro atoms. The highest BCUT2D eigenvalue weighted by Crippen LogP contribution is 2.15. The molecule has 1 atom stereocenters. The van der Waals surface area contributed by atoms with Crippen LogP contribution >= 0.6 is 0 Å². The lowest BCUT2D eigenvalue weighted by molar-refractivity contribution is -0.167. The molecule has 0 radical (unpaired) electrons. The van der Waals surface area contributed by atoms with Crippen LogP contribution < -0.4 is 0 Å². The van der Waals surface area contributed by atoms with Crippen molar-refractivity contribution >= 4 is 17.9 Å². The van der Waals surface area contributed by atoms with Gasteiger partial charge in [0.1, 0.15) is 13.2 Å². The lowest BCUT2D eigenvalue weighted by Crippen LogP contribution is -2.30. The van der Waals surface area contributed by atoms with Crippen LogP contribution in [0, 0.1) is 0 Å². The zero-order valence-corrected chi connectivity index (χ0v) is 41.3. The van der Waals surface area contributed by atoms with E-state index in [0.717, 1.165) is 103 Å². The average Bonchev–Trinajstić information content (AvgIpc) is 3.28. The lowest BCUT2D eigenvalue weighted by atomic mass is 10.0. The van der Waals surface area contributed by atoms with Crippen LogP contribution in [0.3, 0.4) is 0 Å². The molecule has 0 N–H and O–H groups in total. The summed E-state index contributed by atoms with van der Waals surface area (Å²) in [6.07, 6.45) is 64.5. The maximum Gasteiger partial charge on any atom is 0.306 e. The maximum atomic E-state index is 12.8. The number of allylic oxidation sites excluding steroid dienone is 12.